The summed E-state index contributed by atoms with van der Waals surface area (Å²) < 4.78 is 0. The van der Waals surface area contributed by atoms with Crippen LogP contribution in [0.2, 0.25) is 0 Å². The molecule has 1 atom stereocenters. The van der Waals surface area contributed by atoms with Gasteiger partial charge in [0.15, 0.2) is 0 Å². The van der Waals surface area contributed by atoms with E-state index >= 15 is 0 Å². The second-order valence-electron chi connectivity index (χ2n) is 10.2. The zero-order valence-corrected chi connectivity index (χ0v) is 21.0. The number of carbonyl (C=O) groups is 2. The molecule has 1 saturated heterocycles. The number of nitrogens with one attached hydrogen (secondary N) is 1. The van der Waals surface area contributed by atoms with Crippen LogP contribution < -0.4 is 10.2 Å². The van der Waals surface area contributed by atoms with Crippen molar-refractivity contribution in [2.45, 2.75) is 57.5 Å². The van der Waals surface area contributed by atoms with Gasteiger partial charge in [0, 0.05) is 50.2 Å². The lowest BCUT2D eigenvalue weighted by Gasteiger charge is -2.46. The van der Waals surface area contributed by atoms with E-state index in [1.807, 2.05) is 23.1 Å². The average molecular weight is 470 g/mol. The highest BCUT2D eigenvalue weighted by atomic mass is 16.2. The minimum absolute atomic E-state index is 0.0229. The molecule has 1 N–H and O–H groups in total. The number of likely N-dealkylation sites (tertiary alicyclic amines) is 1. The Morgan fingerprint density at radius 3 is 2.43 bits per heavy atom. The van der Waals surface area contributed by atoms with Gasteiger partial charge in [0.2, 0.25) is 11.8 Å². The summed E-state index contributed by atoms with van der Waals surface area (Å²) in [5.41, 5.74) is 4.91. The van der Waals surface area contributed by atoms with Crippen molar-refractivity contribution in [3.63, 3.8) is 0 Å². The molecule has 0 unspecified atom stereocenters. The van der Waals surface area contributed by atoms with Crippen LogP contribution in [0.25, 0.3) is 10.8 Å². The summed E-state index contributed by atoms with van der Waals surface area (Å²) >= 11 is 0. The van der Waals surface area contributed by atoms with Crippen LogP contribution in [0.3, 0.4) is 0 Å². The Bertz CT molecular complexity index is 1260. The fourth-order valence-corrected chi connectivity index (χ4v) is 6.21. The first-order chi connectivity index (χ1) is 16.9. The highest BCUT2D eigenvalue weighted by Gasteiger charge is 2.42. The SMILES string of the molecule is CNC(=O)CCC(=O)N(c1ccccc1C)C1CCN([C@@]2(C)Cc3cccc4cccc2c34)CC1. The lowest BCUT2D eigenvalue weighted by Crippen LogP contribution is -2.53. The zero-order valence-electron chi connectivity index (χ0n) is 21.0. The second kappa shape index (κ2) is 9.46. The Kier molecular flexibility index (Phi) is 6.37. The molecule has 182 valence electrons. The Balaban J connectivity index is 1.37. The van der Waals surface area contributed by atoms with Gasteiger partial charge in [0.1, 0.15) is 0 Å². The van der Waals surface area contributed by atoms with E-state index < -0.39 is 0 Å². The van der Waals surface area contributed by atoms with E-state index in [1.54, 1.807) is 7.05 Å². The molecule has 0 spiro atoms. The third-order valence-corrected chi connectivity index (χ3v) is 8.12. The Morgan fingerprint density at radius 2 is 1.71 bits per heavy atom. The van der Waals surface area contributed by atoms with Crippen molar-refractivity contribution in [3.8, 4) is 0 Å². The van der Waals surface area contributed by atoms with Crippen LogP contribution >= 0.6 is 0 Å². The topological polar surface area (TPSA) is 52.7 Å². The quantitative estimate of drug-likeness (QED) is 0.556. The maximum Gasteiger partial charge on any atom is 0.227 e. The van der Waals surface area contributed by atoms with E-state index in [0.29, 0.717) is 0 Å². The minimum atomic E-state index is -0.0965. The number of rotatable bonds is 6. The van der Waals surface area contributed by atoms with E-state index in [2.05, 4.69) is 66.5 Å². The van der Waals surface area contributed by atoms with Gasteiger partial charge in [-0.3, -0.25) is 14.5 Å². The first-order valence-electron chi connectivity index (χ1n) is 12.8. The molecule has 3 aromatic carbocycles. The summed E-state index contributed by atoms with van der Waals surface area (Å²) in [7, 11) is 1.62. The second-order valence-corrected chi connectivity index (χ2v) is 10.2. The van der Waals surface area contributed by atoms with E-state index in [4.69, 9.17) is 0 Å². The molecule has 35 heavy (non-hydrogen) atoms. The van der Waals surface area contributed by atoms with Gasteiger partial charge < -0.3 is 10.2 Å². The molecule has 1 fully saturated rings. The molecule has 2 aliphatic rings. The van der Waals surface area contributed by atoms with Crippen LogP contribution in [0.4, 0.5) is 5.69 Å². The van der Waals surface area contributed by atoms with Gasteiger partial charge in [-0.2, -0.15) is 0 Å². The number of piperidine rings is 1. The number of aryl methyl sites for hydroxylation is 1. The summed E-state index contributed by atoms with van der Waals surface area (Å²) in [5.74, 6) is -0.0635. The van der Waals surface area contributed by atoms with Crippen LogP contribution in [0, 0.1) is 6.92 Å². The number of para-hydroxylation sites is 1. The Hall–Kier alpha value is -3.18. The van der Waals surface area contributed by atoms with Gasteiger partial charge in [0.05, 0.1) is 0 Å². The standard InChI is InChI=1S/C30H35N3O2/c1-21-8-4-5-13-26(21)33(28(35)15-14-27(34)31-3)24-16-18-32(19-17-24)30(2)20-23-11-6-9-22-10-7-12-25(30)29(22)23/h4-13,24H,14-20H2,1-3H3,(H,31,34)/t30-/m0/s1. The van der Waals surface area contributed by atoms with E-state index in [1.165, 1.54) is 21.9 Å². The maximum absolute atomic E-state index is 13.4. The van der Waals surface area contributed by atoms with Gasteiger partial charge in [-0.15, -0.1) is 0 Å². The Morgan fingerprint density at radius 1 is 1.00 bits per heavy atom. The smallest absolute Gasteiger partial charge is 0.227 e. The van der Waals surface area contributed by atoms with Crippen molar-refractivity contribution in [2.75, 3.05) is 25.0 Å². The lowest BCUT2D eigenvalue weighted by atomic mass is 9.87. The van der Waals surface area contributed by atoms with Crippen LogP contribution in [0.15, 0.2) is 60.7 Å². The summed E-state index contributed by atoms with van der Waals surface area (Å²) in [6.07, 6.45) is 3.31. The summed E-state index contributed by atoms with van der Waals surface area (Å²) in [5, 5.41) is 5.38. The molecule has 3 aromatic rings. The number of amides is 2. The molecule has 0 saturated carbocycles. The normalized spacial score (nSPS) is 20.2. The fraction of sp³-hybridized carbons (Fsp3) is 0.400. The molecule has 2 amide bonds. The van der Waals surface area contributed by atoms with Crippen LogP contribution in [-0.2, 0) is 21.5 Å². The van der Waals surface area contributed by atoms with Crippen molar-refractivity contribution in [1.82, 2.24) is 10.2 Å². The minimum Gasteiger partial charge on any atom is -0.359 e. The van der Waals surface area contributed by atoms with Gasteiger partial charge in [-0.25, -0.2) is 0 Å². The molecular formula is C30H35N3O2. The Labute approximate surface area is 208 Å². The summed E-state index contributed by atoms with van der Waals surface area (Å²) in [6, 6.07) is 21.6. The van der Waals surface area contributed by atoms with Crippen LogP contribution in [-0.4, -0.2) is 42.9 Å². The summed E-state index contributed by atoms with van der Waals surface area (Å²) in [4.78, 5) is 29.9. The highest BCUT2D eigenvalue weighted by Crippen LogP contribution is 2.45. The van der Waals surface area contributed by atoms with Crippen molar-refractivity contribution >= 4 is 28.3 Å². The monoisotopic (exact) mass is 469 g/mol. The van der Waals surface area contributed by atoms with Crippen molar-refractivity contribution in [2.24, 2.45) is 0 Å². The van der Waals surface area contributed by atoms with Crippen LogP contribution in [0.1, 0.15) is 49.3 Å². The largest absolute Gasteiger partial charge is 0.359 e. The number of anilines is 1. The first kappa shape index (κ1) is 23.6. The molecule has 5 nitrogen and oxygen atoms in total. The van der Waals surface area contributed by atoms with E-state index in [-0.39, 0.29) is 36.2 Å². The van der Waals surface area contributed by atoms with Gasteiger partial charge in [0.25, 0.3) is 0 Å². The number of nitrogens with zero attached hydrogens (tertiary/aromatic N) is 2. The molecule has 0 radical (unpaired) electrons. The van der Waals surface area contributed by atoms with Crippen molar-refractivity contribution < 1.29 is 9.59 Å². The highest BCUT2D eigenvalue weighted by molar-refractivity contribution is 5.96. The molecule has 1 aliphatic heterocycles. The third kappa shape index (κ3) is 4.23. The van der Waals surface area contributed by atoms with Gasteiger partial charge >= 0.3 is 0 Å². The molecule has 1 heterocycles. The van der Waals surface area contributed by atoms with Crippen molar-refractivity contribution in [3.05, 3.63) is 77.4 Å². The predicted octanol–water partition coefficient (Wildman–Crippen LogP) is 4.94. The zero-order chi connectivity index (χ0) is 24.6. The average Bonchev–Trinajstić information content (AvgIpc) is 3.18. The maximum atomic E-state index is 13.4. The van der Waals surface area contributed by atoms with Crippen molar-refractivity contribution in [1.29, 1.82) is 0 Å². The van der Waals surface area contributed by atoms with E-state index in [9.17, 15) is 9.59 Å². The predicted molar refractivity (Wildman–Crippen MR) is 142 cm³/mol. The first-order valence-corrected chi connectivity index (χ1v) is 12.8. The third-order valence-electron chi connectivity index (χ3n) is 8.12. The molecule has 5 heteroatoms. The molecular weight excluding hydrogens is 434 g/mol. The van der Waals surface area contributed by atoms with Crippen LogP contribution in [0.5, 0.6) is 0 Å². The number of hydrogen-bond donors (Lipinski definition) is 1. The van der Waals surface area contributed by atoms with Gasteiger partial charge in [-0.05, 0) is 66.6 Å². The molecule has 5 rings (SSSR count). The number of benzene rings is 3. The lowest BCUT2D eigenvalue weighted by molar-refractivity contribution is -0.125. The summed E-state index contributed by atoms with van der Waals surface area (Å²) in [6.45, 7) is 6.32. The van der Waals surface area contributed by atoms with Gasteiger partial charge in [-0.1, -0.05) is 54.6 Å². The number of carbonyl (C=O) groups excluding carboxylic acids is 2. The fourth-order valence-electron chi connectivity index (χ4n) is 6.21. The molecule has 1 aliphatic carbocycles. The molecule has 0 aromatic heterocycles. The number of hydrogen-bond acceptors (Lipinski definition) is 3. The molecule has 0 bridgehead atoms. The van der Waals surface area contributed by atoms with E-state index in [0.717, 1.165) is 43.6 Å².